The molecule has 0 saturated carbocycles. The number of methoxy groups -OCH3 is 1. The minimum Gasteiger partial charge on any atom is -0.495 e. The highest BCUT2D eigenvalue weighted by Gasteiger charge is 2.31. The van der Waals surface area contributed by atoms with Gasteiger partial charge in [0.05, 0.1) is 18.7 Å². The van der Waals surface area contributed by atoms with Crippen LogP contribution in [0.4, 0.5) is 5.69 Å². The number of benzene rings is 2. The van der Waals surface area contributed by atoms with E-state index < -0.39 is 6.04 Å². The number of carbonyl (C=O) groups is 2. The number of piperazine rings is 1. The minimum absolute atomic E-state index is 0.0854. The number of hydrogen-bond acceptors (Lipinski definition) is 5. The van der Waals surface area contributed by atoms with E-state index >= 15 is 0 Å². The maximum Gasteiger partial charge on any atom is 0.246 e. The summed E-state index contributed by atoms with van der Waals surface area (Å²) in [6.45, 7) is 3.23. The van der Waals surface area contributed by atoms with Gasteiger partial charge in [-0.25, -0.2) is 0 Å². The molecular formula is C23H29ClN4O3. The third-order valence-corrected chi connectivity index (χ3v) is 5.71. The summed E-state index contributed by atoms with van der Waals surface area (Å²) in [5, 5.41) is 3.43. The first kappa shape index (κ1) is 23.1. The molecule has 1 aliphatic heterocycles. The van der Waals surface area contributed by atoms with E-state index in [-0.39, 0.29) is 11.8 Å². The van der Waals surface area contributed by atoms with Crippen LogP contribution in [0.3, 0.4) is 0 Å². The molecule has 0 spiro atoms. The Bertz CT molecular complexity index is 899. The molecule has 1 fully saturated rings. The van der Waals surface area contributed by atoms with E-state index in [0.29, 0.717) is 36.1 Å². The zero-order chi connectivity index (χ0) is 22.4. The molecule has 1 heterocycles. The highest BCUT2D eigenvalue weighted by molar-refractivity contribution is 6.32. The number of rotatable bonds is 7. The van der Waals surface area contributed by atoms with Crippen LogP contribution in [0.25, 0.3) is 0 Å². The number of anilines is 1. The maximum absolute atomic E-state index is 13.3. The van der Waals surface area contributed by atoms with Crippen LogP contribution < -0.4 is 10.1 Å². The van der Waals surface area contributed by atoms with Crippen molar-refractivity contribution in [2.45, 2.75) is 6.04 Å². The van der Waals surface area contributed by atoms with Crippen molar-refractivity contribution in [3.8, 4) is 5.75 Å². The lowest BCUT2D eigenvalue weighted by Gasteiger charge is -2.38. The van der Waals surface area contributed by atoms with E-state index in [9.17, 15) is 9.59 Å². The average Bonchev–Trinajstić information content (AvgIpc) is 2.76. The number of hydrogen-bond donors (Lipinski definition) is 1. The SMILES string of the molecule is COc1ccc(NC(=O)[C@H](c2ccccc2)N2CCN(CC(=O)N(C)C)CC2)cc1Cl. The lowest BCUT2D eigenvalue weighted by Crippen LogP contribution is -2.52. The van der Waals surface area contributed by atoms with E-state index in [1.807, 2.05) is 30.3 Å². The van der Waals surface area contributed by atoms with Crippen molar-refractivity contribution in [1.29, 1.82) is 0 Å². The lowest BCUT2D eigenvalue weighted by molar-refractivity contribution is -0.131. The first-order valence-corrected chi connectivity index (χ1v) is 10.6. The number of likely N-dealkylation sites (N-methyl/N-ethyl adjacent to an activating group) is 1. The molecule has 3 rings (SSSR count). The van der Waals surface area contributed by atoms with E-state index in [2.05, 4.69) is 15.1 Å². The summed E-state index contributed by atoms with van der Waals surface area (Å²) in [5.74, 6) is 0.523. The Balaban J connectivity index is 1.73. The van der Waals surface area contributed by atoms with Crippen LogP contribution >= 0.6 is 11.6 Å². The van der Waals surface area contributed by atoms with Gasteiger partial charge in [-0.15, -0.1) is 0 Å². The molecule has 1 N–H and O–H groups in total. The molecule has 0 bridgehead atoms. The zero-order valence-corrected chi connectivity index (χ0v) is 18.9. The largest absolute Gasteiger partial charge is 0.495 e. The van der Waals surface area contributed by atoms with E-state index in [4.69, 9.17) is 16.3 Å². The second kappa shape index (κ2) is 10.6. The highest BCUT2D eigenvalue weighted by Crippen LogP contribution is 2.29. The minimum atomic E-state index is -0.436. The first-order chi connectivity index (χ1) is 14.9. The van der Waals surface area contributed by atoms with Crippen LogP contribution in [0.5, 0.6) is 5.75 Å². The van der Waals surface area contributed by atoms with Gasteiger partial charge < -0.3 is 15.0 Å². The molecule has 7 nitrogen and oxygen atoms in total. The summed E-state index contributed by atoms with van der Waals surface area (Å²) in [6, 6.07) is 14.5. The summed E-state index contributed by atoms with van der Waals surface area (Å²) < 4.78 is 5.18. The van der Waals surface area contributed by atoms with E-state index in [0.717, 1.165) is 18.7 Å². The van der Waals surface area contributed by atoms with Gasteiger partial charge in [-0.2, -0.15) is 0 Å². The molecule has 2 aromatic rings. The van der Waals surface area contributed by atoms with Gasteiger partial charge in [0, 0.05) is 46.0 Å². The molecule has 8 heteroatoms. The molecular weight excluding hydrogens is 416 g/mol. The van der Waals surface area contributed by atoms with Crippen LogP contribution in [-0.2, 0) is 9.59 Å². The van der Waals surface area contributed by atoms with Gasteiger partial charge in [0.1, 0.15) is 11.8 Å². The van der Waals surface area contributed by atoms with Gasteiger partial charge in [-0.05, 0) is 23.8 Å². The molecule has 0 radical (unpaired) electrons. The van der Waals surface area contributed by atoms with Crippen molar-refractivity contribution >= 4 is 29.1 Å². The van der Waals surface area contributed by atoms with Gasteiger partial charge in [0.2, 0.25) is 11.8 Å². The number of nitrogens with one attached hydrogen (secondary N) is 1. The third-order valence-electron chi connectivity index (χ3n) is 5.41. The van der Waals surface area contributed by atoms with E-state index in [1.165, 1.54) is 0 Å². The predicted octanol–water partition coefficient (Wildman–Crippen LogP) is 2.73. The Hall–Kier alpha value is -2.61. The van der Waals surface area contributed by atoms with Crippen molar-refractivity contribution in [2.24, 2.45) is 0 Å². The molecule has 31 heavy (non-hydrogen) atoms. The zero-order valence-electron chi connectivity index (χ0n) is 18.2. The number of ether oxygens (including phenoxy) is 1. The van der Waals surface area contributed by atoms with Gasteiger partial charge in [0.15, 0.2) is 0 Å². The van der Waals surface area contributed by atoms with Crippen molar-refractivity contribution in [3.05, 3.63) is 59.1 Å². The Morgan fingerprint density at radius 2 is 1.77 bits per heavy atom. The highest BCUT2D eigenvalue weighted by atomic mass is 35.5. The topological polar surface area (TPSA) is 65.1 Å². The van der Waals surface area contributed by atoms with Crippen molar-refractivity contribution in [3.63, 3.8) is 0 Å². The number of nitrogens with zero attached hydrogens (tertiary/aromatic N) is 3. The molecule has 0 aliphatic carbocycles. The van der Waals surface area contributed by atoms with Crippen LogP contribution in [0.1, 0.15) is 11.6 Å². The van der Waals surface area contributed by atoms with Gasteiger partial charge >= 0.3 is 0 Å². The van der Waals surface area contributed by atoms with Gasteiger partial charge in [0.25, 0.3) is 0 Å². The molecule has 1 atom stereocenters. The predicted molar refractivity (Wildman–Crippen MR) is 123 cm³/mol. The first-order valence-electron chi connectivity index (χ1n) is 10.2. The summed E-state index contributed by atoms with van der Waals surface area (Å²) in [6.07, 6.45) is 0. The Morgan fingerprint density at radius 3 is 2.35 bits per heavy atom. The third kappa shape index (κ3) is 5.97. The maximum atomic E-state index is 13.3. The van der Waals surface area contributed by atoms with Crippen molar-refractivity contribution in [2.75, 3.05) is 59.2 Å². The Labute approximate surface area is 188 Å². The summed E-state index contributed by atoms with van der Waals surface area (Å²) in [7, 11) is 5.08. The summed E-state index contributed by atoms with van der Waals surface area (Å²) >= 11 is 6.21. The normalized spacial score (nSPS) is 15.9. The van der Waals surface area contributed by atoms with Gasteiger partial charge in [-0.1, -0.05) is 41.9 Å². The molecule has 1 saturated heterocycles. The molecule has 2 aromatic carbocycles. The fourth-order valence-electron chi connectivity index (χ4n) is 3.63. The van der Waals surface area contributed by atoms with Gasteiger partial charge in [-0.3, -0.25) is 19.4 Å². The Kier molecular flexibility index (Phi) is 7.90. The van der Waals surface area contributed by atoms with Crippen LogP contribution in [0.15, 0.2) is 48.5 Å². The quantitative estimate of drug-likeness (QED) is 0.711. The van der Waals surface area contributed by atoms with Crippen molar-refractivity contribution < 1.29 is 14.3 Å². The molecule has 0 aromatic heterocycles. The van der Waals surface area contributed by atoms with Crippen LogP contribution in [-0.4, -0.2) is 80.4 Å². The summed E-state index contributed by atoms with van der Waals surface area (Å²) in [4.78, 5) is 31.2. The lowest BCUT2D eigenvalue weighted by atomic mass is 10.0. The monoisotopic (exact) mass is 444 g/mol. The average molecular weight is 445 g/mol. The van der Waals surface area contributed by atoms with E-state index in [1.54, 1.807) is 44.3 Å². The summed E-state index contributed by atoms with van der Waals surface area (Å²) in [5.41, 5.74) is 1.55. The number of amides is 2. The number of halogens is 1. The second-order valence-corrected chi connectivity index (χ2v) is 8.16. The molecule has 1 aliphatic rings. The second-order valence-electron chi connectivity index (χ2n) is 7.75. The van der Waals surface area contributed by atoms with Crippen LogP contribution in [0.2, 0.25) is 5.02 Å². The molecule has 166 valence electrons. The molecule has 0 unspecified atom stereocenters. The number of carbonyl (C=O) groups excluding carboxylic acids is 2. The van der Waals surface area contributed by atoms with Crippen LogP contribution in [0, 0.1) is 0 Å². The smallest absolute Gasteiger partial charge is 0.246 e. The standard InChI is InChI=1S/C23H29ClN4O3/c1-26(2)21(29)16-27-11-13-28(14-12-27)22(17-7-5-4-6-8-17)23(30)25-18-9-10-20(31-3)19(24)15-18/h4-10,15,22H,11-14,16H2,1-3H3,(H,25,30)/t22-/m0/s1. The Morgan fingerprint density at radius 1 is 1.10 bits per heavy atom. The fraction of sp³-hybridized carbons (Fsp3) is 0.391. The molecule has 2 amide bonds. The van der Waals surface area contributed by atoms with Crippen molar-refractivity contribution in [1.82, 2.24) is 14.7 Å². The fourth-order valence-corrected chi connectivity index (χ4v) is 3.89.